The topological polar surface area (TPSA) is 39.2 Å². The maximum absolute atomic E-state index is 14.2. The van der Waals surface area contributed by atoms with E-state index in [0.29, 0.717) is 23.5 Å². The Morgan fingerprint density at radius 3 is 2.24 bits per heavy atom. The molecule has 3 aromatic rings. The standard InChI is InChI=1S/C29H29ClF2N4O/c1-21-33-29(22-6-10-25(31)11-7-22,23-4-2-5-26(32)20-23)28(37)36(21)15-3-14-34-16-18-35(19-17-34)27-12-8-24(30)9-13-27/h2,4-13,20H,3,14-19H2,1H3. The molecule has 5 rings (SSSR count). The largest absolute Gasteiger partial charge is 0.369 e. The van der Waals surface area contributed by atoms with Gasteiger partial charge in [-0.25, -0.2) is 13.8 Å². The molecule has 0 saturated carbocycles. The number of amides is 1. The van der Waals surface area contributed by atoms with Crippen LogP contribution < -0.4 is 4.90 Å². The Morgan fingerprint density at radius 1 is 0.865 bits per heavy atom. The van der Waals surface area contributed by atoms with Crippen LogP contribution in [0.25, 0.3) is 0 Å². The molecule has 0 spiro atoms. The summed E-state index contributed by atoms with van der Waals surface area (Å²) in [7, 11) is 0. The fraction of sp³-hybridized carbons (Fsp3) is 0.310. The predicted octanol–water partition coefficient (Wildman–Crippen LogP) is 5.33. The highest BCUT2D eigenvalue weighted by atomic mass is 35.5. The number of aliphatic imine (C=N–C) groups is 1. The van der Waals surface area contributed by atoms with Gasteiger partial charge in [0, 0.05) is 43.4 Å². The molecule has 192 valence electrons. The van der Waals surface area contributed by atoms with Crippen molar-refractivity contribution < 1.29 is 13.6 Å². The second-order valence-corrected chi connectivity index (χ2v) is 9.94. The molecule has 0 radical (unpaired) electrons. The summed E-state index contributed by atoms with van der Waals surface area (Å²) in [6.45, 7) is 6.89. The minimum absolute atomic E-state index is 0.241. The Kier molecular flexibility index (Phi) is 7.26. The van der Waals surface area contributed by atoms with Gasteiger partial charge in [0.05, 0.1) is 0 Å². The highest BCUT2D eigenvalue weighted by molar-refractivity contribution is 6.30. The van der Waals surface area contributed by atoms with Crippen molar-refractivity contribution in [2.45, 2.75) is 18.9 Å². The molecular formula is C29H29ClF2N4O. The molecule has 2 heterocycles. The summed E-state index contributed by atoms with van der Waals surface area (Å²) in [6, 6.07) is 19.6. The Labute approximate surface area is 221 Å². The van der Waals surface area contributed by atoms with Crippen molar-refractivity contribution in [1.82, 2.24) is 9.80 Å². The van der Waals surface area contributed by atoms with Gasteiger partial charge < -0.3 is 4.90 Å². The smallest absolute Gasteiger partial charge is 0.265 e. The fourth-order valence-electron chi connectivity index (χ4n) is 5.24. The van der Waals surface area contributed by atoms with Crippen molar-refractivity contribution >= 4 is 29.0 Å². The van der Waals surface area contributed by atoms with Crippen molar-refractivity contribution in [3.63, 3.8) is 0 Å². The lowest BCUT2D eigenvalue weighted by atomic mass is 9.82. The summed E-state index contributed by atoms with van der Waals surface area (Å²) in [4.78, 5) is 25.1. The maximum atomic E-state index is 14.2. The van der Waals surface area contributed by atoms with Crippen LogP contribution in [0.3, 0.4) is 0 Å². The first-order chi connectivity index (χ1) is 17.9. The van der Waals surface area contributed by atoms with Gasteiger partial charge in [0.25, 0.3) is 5.91 Å². The Bertz CT molecular complexity index is 1290. The van der Waals surface area contributed by atoms with Gasteiger partial charge in [-0.1, -0.05) is 35.9 Å². The van der Waals surface area contributed by atoms with E-state index in [1.54, 1.807) is 36.1 Å². The number of piperazine rings is 1. The minimum Gasteiger partial charge on any atom is -0.369 e. The van der Waals surface area contributed by atoms with E-state index in [-0.39, 0.29) is 5.91 Å². The molecule has 1 fully saturated rings. The lowest BCUT2D eigenvalue weighted by Gasteiger charge is -2.36. The van der Waals surface area contributed by atoms with Crippen LogP contribution in [0.5, 0.6) is 0 Å². The van der Waals surface area contributed by atoms with Crippen LogP contribution in [0.2, 0.25) is 5.02 Å². The van der Waals surface area contributed by atoms with E-state index in [2.05, 4.69) is 9.80 Å². The summed E-state index contributed by atoms with van der Waals surface area (Å²) >= 11 is 6.01. The number of amidine groups is 1. The number of hydrogen-bond acceptors (Lipinski definition) is 4. The van der Waals surface area contributed by atoms with E-state index in [9.17, 15) is 13.6 Å². The minimum atomic E-state index is -1.43. The van der Waals surface area contributed by atoms with Crippen molar-refractivity contribution in [2.24, 2.45) is 4.99 Å². The SMILES string of the molecule is CC1=NC(c2ccc(F)cc2)(c2cccc(F)c2)C(=O)N1CCCN1CCN(c2ccc(Cl)cc2)CC1. The lowest BCUT2D eigenvalue weighted by molar-refractivity contribution is -0.130. The van der Waals surface area contributed by atoms with Crippen molar-refractivity contribution in [1.29, 1.82) is 0 Å². The van der Waals surface area contributed by atoms with Crippen molar-refractivity contribution in [3.05, 3.63) is 101 Å². The van der Waals surface area contributed by atoms with Gasteiger partial charge in [0.2, 0.25) is 0 Å². The molecule has 2 aliphatic rings. The number of anilines is 1. The number of hydrogen-bond donors (Lipinski definition) is 0. The zero-order chi connectivity index (χ0) is 26.0. The Balaban J connectivity index is 1.25. The normalized spacial score (nSPS) is 20.4. The van der Waals surface area contributed by atoms with Crippen LogP contribution in [0.15, 0.2) is 77.8 Å². The summed E-state index contributed by atoms with van der Waals surface area (Å²) in [5, 5.41) is 0.735. The molecule has 8 heteroatoms. The van der Waals surface area contributed by atoms with Crippen molar-refractivity contribution in [2.75, 3.05) is 44.2 Å². The van der Waals surface area contributed by atoms with Crippen LogP contribution in [0.4, 0.5) is 14.5 Å². The first kappa shape index (κ1) is 25.4. The molecule has 1 saturated heterocycles. The molecule has 5 nitrogen and oxygen atoms in total. The first-order valence-corrected chi connectivity index (χ1v) is 12.9. The Hall–Kier alpha value is -3.29. The third-order valence-electron chi connectivity index (χ3n) is 7.20. The molecule has 0 bridgehead atoms. The van der Waals surface area contributed by atoms with E-state index in [0.717, 1.165) is 44.2 Å². The van der Waals surface area contributed by atoms with E-state index in [4.69, 9.17) is 16.6 Å². The van der Waals surface area contributed by atoms with Crippen LogP contribution in [-0.2, 0) is 10.3 Å². The number of rotatable bonds is 7. The van der Waals surface area contributed by atoms with E-state index >= 15 is 0 Å². The number of halogens is 3. The summed E-state index contributed by atoms with van der Waals surface area (Å²) in [5.74, 6) is -0.519. The molecule has 1 atom stereocenters. The molecule has 0 N–H and O–H groups in total. The van der Waals surface area contributed by atoms with E-state index in [1.807, 2.05) is 24.3 Å². The van der Waals surface area contributed by atoms with Crippen LogP contribution in [-0.4, -0.2) is 60.8 Å². The molecular weight excluding hydrogens is 494 g/mol. The maximum Gasteiger partial charge on any atom is 0.265 e. The number of benzene rings is 3. The van der Waals surface area contributed by atoms with Gasteiger partial charge in [0.1, 0.15) is 17.5 Å². The van der Waals surface area contributed by atoms with Gasteiger partial charge in [-0.05, 0) is 79.5 Å². The predicted molar refractivity (Wildman–Crippen MR) is 143 cm³/mol. The molecule has 0 aliphatic carbocycles. The number of carbonyl (C=O) groups is 1. The van der Waals surface area contributed by atoms with E-state index in [1.165, 1.54) is 30.0 Å². The summed E-state index contributed by atoms with van der Waals surface area (Å²) in [6.07, 6.45) is 0.780. The van der Waals surface area contributed by atoms with Gasteiger partial charge in [-0.3, -0.25) is 14.6 Å². The quantitative estimate of drug-likeness (QED) is 0.421. The van der Waals surface area contributed by atoms with Gasteiger partial charge in [-0.15, -0.1) is 0 Å². The van der Waals surface area contributed by atoms with Gasteiger partial charge in [0.15, 0.2) is 5.54 Å². The summed E-state index contributed by atoms with van der Waals surface area (Å²) < 4.78 is 27.9. The second kappa shape index (κ2) is 10.6. The second-order valence-electron chi connectivity index (χ2n) is 9.50. The monoisotopic (exact) mass is 522 g/mol. The fourth-order valence-corrected chi connectivity index (χ4v) is 5.36. The molecule has 0 aromatic heterocycles. The molecule has 1 amide bonds. The zero-order valence-corrected chi connectivity index (χ0v) is 21.5. The van der Waals surface area contributed by atoms with E-state index < -0.39 is 17.2 Å². The van der Waals surface area contributed by atoms with Gasteiger partial charge >= 0.3 is 0 Å². The summed E-state index contributed by atoms with van der Waals surface area (Å²) in [5.41, 5.74) is 0.700. The number of carbonyl (C=O) groups excluding carboxylic acids is 1. The number of nitrogens with zero attached hydrogens (tertiary/aromatic N) is 4. The average molecular weight is 523 g/mol. The van der Waals surface area contributed by atoms with Gasteiger partial charge in [-0.2, -0.15) is 0 Å². The van der Waals surface area contributed by atoms with Crippen molar-refractivity contribution in [3.8, 4) is 0 Å². The molecule has 3 aromatic carbocycles. The zero-order valence-electron chi connectivity index (χ0n) is 20.7. The molecule has 1 unspecified atom stereocenters. The third-order valence-corrected chi connectivity index (χ3v) is 7.45. The first-order valence-electron chi connectivity index (χ1n) is 12.5. The third kappa shape index (κ3) is 5.11. The average Bonchev–Trinajstić information content (AvgIpc) is 3.16. The Morgan fingerprint density at radius 2 is 1.57 bits per heavy atom. The highest BCUT2D eigenvalue weighted by Crippen LogP contribution is 2.40. The van der Waals surface area contributed by atoms with Crippen LogP contribution >= 0.6 is 11.6 Å². The van der Waals surface area contributed by atoms with Crippen LogP contribution in [0, 0.1) is 11.6 Å². The lowest BCUT2D eigenvalue weighted by Crippen LogP contribution is -2.47. The highest BCUT2D eigenvalue weighted by Gasteiger charge is 2.50. The van der Waals surface area contributed by atoms with Crippen LogP contribution in [0.1, 0.15) is 24.5 Å². The molecule has 37 heavy (non-hydrogen) atoms. The molecule has 2 aliphatic heterocycles.